The monoisotopic (exact) mass is 501 g/mol. The summed E-state index contributed by atoms with van der Waals surface area (Å²) in [6, 6.07) is 23.6. The lowest BCUT2D eigenvalue weighted by molar-refractivity contribution is -0.142. The lowest BCUT2D eigenvalue weighted by Crippen LogP contribution is -2.53. The average molecular weight is 502 g/mol. The number of ether oxygens (including phenoxy) is 1. The Morgan fingerprint density at radius 3 is 2.05 bits per heavy atom. The van der Waals surface area contributed by atoms with Gasteiger partial charge in [-0.2, -0.15) is 0 Å². The first-order chi connectivity index (χ1) is 17.8. The maximum atomic E-state index is 12.7. The van der Waals surface area contributed by atoms with Gasteiger partial charge >= 0.3 is 12.1 Å². The van der Waals surface area contributed by atoms with E-state index in [1.54, 1.807) is 7.05 Å². The molecule has 0 radical (unpaired) electrons. The highest BCUT2D eigenvalue weighted by Crippen LogP contribution is 2.44. The molecule has 3 aromatic rings. The number of nitrogens with one attached hydrogen (secondary N) is 2. The van der Waals surface area contributed by atoms with Crippen LogP contribution in [0, 0.1) is 0 Å². The van der Waals surface area contributed by atoms with E-state index in [9.17, 15) is 19.5 Å². The lowest BCUT2D eigenvalue weighted by Gasteiger charge is -2.24. The van der Waals surface area contributed by atoms with E-state index >= 15 is 0 Å². The van der Waals surface area contributed by atoms with Crippen molar-refractivity contribution in [2.75, 3.05) is 20.2 Å². The normalized spacial score (nSPS) is 13.8. The minimum atomic E-state index is -1.15. The molecule has 2 amide bonds. The summed E-state index contributed by atoms with van der Waals surface area (Å²) in [6.07, 6.45) is -0.738. The van der Waals surface area contributed by atoms with E-state index in [2.05, 4.69) is 22.8 Å². The van der Waals surface area contributed by atoms with Crippen LogP contribution in [0.25, 0.3) is 11.1 Å². The molecule has 3 N–H and O–H groups in total. The molecule has 8 nitrogen and oxygen atoms in total. The largest absolute Gasteiger partial charge is 0.480 e. The fourth-order valence-electron chi connectivity index (χ4n) is 4.64. The zero-order chi connectivity index (χ0) is 26.4. The van der Waals surface area contributed by atoms with Crippen LogP contribution in [0.1, 0.15) is 29.5 Å². The van der Waals surface area contributed by atoms with E-state index in [0.29, 0.717) is 6.54 Å². The SMILES string of the molecule is C[C@H](NC(=O)OCC1c2ccccc2-c2ccccc21)C(=O)NC(CN(C)Cc1ccccc1)C(=O)O. The molecule has 0 bridgehead atoms. The second kappa shape index (κ2) is 11.7. The van der Waals surface area contributed by atoms with Crippen molar-refractivity contribution in [3.05, 3.63) is 95.6 Å². The predicted octanol–water partition coefficient (Wildman–Crippen LogP) is 3.62. The van der Waals surface area contributed by atoms with Gasteiger partial charge in [-0.3, -0.25) is 9.69 Å². The van der Waals surface area contributed by atoms with Crippen molar-refractivity contribution >= 4 is 18.0 Å². The third-order valence-electron chi connectivity index (χ3n) is 6.48. The van der Waals surface area contributed by atoms with Crippen LogP contribution in [0.4, 0.5) is 4.79 Å². The van der Waals surface area contributed by atoms with E-state index in [4.69, 9.17) is 4.74 Å². The third-order valence-corrected chi connectivity index (χ3v) is 6.48. The van der Waals surface area contributed by atoms with Gasteiger partial charge in [0.25, 0.3) is 0 Å². The van der Waals surface area contributed by atoms with E-state index in [-0.39, 0.29) is 19.1 Å². The molecule has 0 saturated heterocycles. The number of carbonyl (C=O) groups is 3. The van der Waals surface area contributed by atoms with Crippen molar-refractivity contribution in [1.82, 2.24) is 15.5 Å². The Bertz CT molecular complexity index is 1220. The summed E-state index contributed by atoms with van der Waals surface area (Å²) in [5, 5.41) is 14.6. The van der Waals surface area contributed by atoms with Crippen molar-refractivity contribution in [2.24, 2.45) is 0 Å². The highest BCUT2D eigenvalue weighted by molar-refractivity contribution is 5.89. The third kappa shape index (κ3) is 6.34. The second-order valence-corrected chi connectivity index (χ2v) is 9.27. The van der Waals surface area contributed by atoms with Crippen molar-refractivity contribution in [3.63, 3.8) is 0 Å². The predicted molar refractivity (Wildman–Crippen MR) is 140 cm³/mol. The van der Waals surface area contributed by atoms with E-state index in [1.165, 1.54) is 6.92 Å². The molecule has 192 valence electrons. The number of fused-ring (bicyclic) bond motifs is 3. The minimum absolute atomic E-state index is 0.0983. The van der Waals surface area contributed by atoms with Crippen LogP contribution in [0.5, 0.6) is 0 Å². The molecule has 0 fully saturated rings. The van der Waals surface area contributed by atoms with Gasteiger partial charge in [0, 0.05) is 19.0 Å². The van der Waals surface area contributed by atoms with Crippen LogP contribution >= 0.6 is 0 Å². The molecule has 3 aromatic carbocycles. The number of hydrogen-bond acceptors (Lipinski definition) is 5. The maximum absolute atomic E-state index is 12.7. The number of carboxylic acid groups (broad SMARTS) is 1. The lowest BCUT2D eigenvalue weighted by atomic mass is 9.98. The van der Waals surface area contributed by atoms with Crippen LogP contribution < -0.4 is 10.6 Å². The molecule has 0 saturated carbocycles. The average Bonchev–Trinajstić information content (AvgIpc) is 3.21. The summed E-state index contributed by atoms with van der Waals surface area (Å²) in [7, 11) is 1.79. The highest BCUT2D eigenvalue weighted by Gasteiger charge is 2.30. The number of rotatable bonds is 10. The van der Waals surface area contributed by atoms with Gasteiger partial charge in [0.1, 0.15) is 18.7 Å². The van der Waals surface area contributed by atoms with Gasteiger partial charge in [0.2, 0.25) is 5.91 Å². The molecular formula is C29H31N3O5. The van der Waals surface area contributed by atoms with Gasteiger partial charge in [0.05, 0.1) is 0 Å². The summed E-state index contributed by atoms with van der Waals surface area (Å²) in [4.78, 5) is 38.7. The maximum Gasteiger partial charge on any atom is 0.407 e. The number of carboxylic acids is 1. The first kappa shape index (κ1) is 25.9. The zero-order valence-electron chi connectivity index (χ0n) is 20.9. The van der Waals surface area contributed by atoms with Gasteiger partial charge in [-0.05, 0) is 41.8 Å². The van der Waals surface area contributed by atoms with Crippen LogP contribution in [0.3, 0.4) is 0 Å². The Morgan fingerprint density at radius 1 is 0.892 bits per heavy atom. The molecule has 1 unspecified atom stereocenters. The molecule has 0 heterocycles. The van der Waals surface area contributed by atoms with Crippen LogP contribution in [-0.2, 0) is 20.9 Å². The molecule has 1 aliphatic carbocycles. The number of hydrogen-bond donors (Lipinski definition) is 3. The van der Waals surface area contributed by atoms with E-state index < -0.39 is 30.1 Å². The van der Waals surface area contributed by atoms with Crippen LogP contribution in [0.15, 0.2) is 78.9 Å². The molecular weight excluding hydrogens is 470 g/mol. The zero-order valence-corrected chi connectivity index (χ0v) is 20.9. The van der Waals surface area contributed by atoms with Gasteiger partial charge < -0.3 is 20.5 Å². The number of benzene rings is 3. The standard InChI is InChI=1S/C29H31N3O5/c1-19(27(33)31-26(28(34)35)17-32(2)16-20-10-4-3-5-11-20)30-29(36)37-18-25-23-14-8-6-12-21(23)22-13-7-9-15-24(22)25/h3-15,19,25-26H,16-18H2,1-2H3,(H,30,36)(H,31,33)(H,34,35)/t19-,26?/m0/s1. The van der Waals surface area contributed by atoms with Gasteiger partial charge in [-0.25, -0.2) is 9.59 Å². The fourth-order valence-corrected chi connectivity index (χ4v) is 4.64. The van der Waals surface area contributed by atoms with E-state index in [0.717, 1.165) is 27.8 Å². The molecule has 2 atom stereocenters. The molecule has 0 aromatic heterocycles. The Morgan fingerprint density at radius 2 is 1.46 bits per heavy atom. The number of nitrogens with zero attached hydrogens (tertiary/aromatic N) is 1. The fraction of sp³-hybridized carbons (Fsp3) is 0.276. The summed E-state index contributed by atoms with van der Waals surface area (Å²) in [5.41, 5.74) is 5.46. The highest BCUT2D eigenvalue weighted by atomic mass is 16.5. The van der Waals surface area contributed by atoms with Crippen molar-refractivity contribution in [2.45, 2.75) is 31.5 Å². The van der Waals surface area contributed by atoms with Gasteiger partial charge in [-0.1, -0.05) is 78.9 Å². The quantitative estimate of drug-likeness (QED) is 0.392. The first-order valence-electron chi connectivity index (χ1n) is 12.2. The van der Waals surface area contributed by atoms with E-state index in [1.807, 2.05) is 71.6 Å². The molecule has 37 heavy (non-hydrogen) atoms. The molecule has 1 aliphatic rings. The molecule has 0 spiro atoms. The van der Waals surface area contributed by atoms with Crippen LogP contribution in [-0.4, -0.2) is 60.3 Å². The number of aliphatic carboxylic acids is 1. The number of amides is 2. The Kier molecular flexibility index (Phi) is 8.20. The Hall–Kier alpha value is -4.17. The summed E-state index contributed by atoms with van der Waals surface area (Å²) >= 11 is 0. The van der Waals surface area contributed by atoms with Gasteiger partial charge in [-0.15, -0.1) is 0 Å². The van der Waals surface area contributed by atoms with Gasteiger partial charge in [0.15, 0.2) is 0 Å². The smallest absolute Gasteiger partial charge is 0.407 e. The summed E-state index contributed by atoms with van der Waals surface area (Å²) in [6.45, 7) is 2.25. The Labute approximate surface area is 216 Å². The molecule has 0 aliphatic heterocycles. The number of carbonyl (C=O) groups excluding carboxylic acids is 2. The molecule has 4 rings (SSSR count). The second-order valence-electron chi connectivity index (χ2n) is 9.27. The Balaban J connectivity index is 1.29. The summed E-state index contributed by atoms with van der Waals surface area (Å²) < 4.78 is 5.49. The van der Waals surface area contributed by atoms with Crippen molar-refractivity contribution < 1.29 is 24.2 Å². The first-order valence-corrected chi connectivity index (χ1v) is 12.2. The topological polar surface area (TPSA) is 108 Å². The van der Waals surface area contributed by atoms with Crippen molar-refractivity contribution in [3.8, 4) is 11.1 Å². The molecule has 8 heteroatoms. The number of likely N-dealkylation sites (N-methyl/N-ethyl adjacent to an activating group) is 1. The summed E-state index contributed by atoms with van der Waals surface area (Å²) in [5.74, 6) is -1.85. The van der Waals surface area contributed by atoms with Crippen molar-refractivity contribution in [1.29, 1.82) is 0 Å². The minimum Gasteiger partial charge on any atom is -0.480 e. The van der Waals surface area contributed by atoms with Crippen LogP contribution in [0.2, 0.25) is 0 Å². The number of alkyl carbamates (subject to hydrolysis) is 1.